The van der Waals surface area contributed by atoms with Gasteiger partial charge in [-0.2, -0.15) is 5.10 Å². The van der Waals surface area contributed by atoms with Crippen LogP contribution in [0, 0.1) is 0 Å². The Morgan fingerprint density at radius 1 is 1.32 bits per heavy atom. The van der Waals surface area contributed by atoms with Gasteiger partial charge in [-0.25, -0.2) is 8.42 Å². The quantitative estimate of drug-likeness (QED) is 0.761. The third-order valence-corrected chi connectivity index (χ3v) is 5.47. The molecule has 0 aliphatic carbocycles. The fraction of sp³-hybridized carbons (Fsp3) is 0.100. The molecule has 0 saturated heterocycles. The van der Waals surface area contributed by atoms with Gasteiger partial charge in [0.05, 0.1) is 0 Å². The molecule has 0 fully saturated rings. The topological polar surface area (TPSA) is 90.0 Å². The van der Waals surface area contributed by atoms with Crippen LogP contribution < -0.4 is 10.5 Å². The van der Waals surface area contributed by atoms with E-state index < -0.39 is 10.0 Å². The summed E-state index contributed by atoms with van der Waals surface area (Å²) in [6.07, 6.45) is 1.64. The van der Waals surface area contributed by atoms with Crippen molar-refractivity contribution in [2.75, 3.05) is 10.5 Å². The number of aromatic nitrogens is 2. The Hall–Kier alpha value is -1.06. The van der Waals surface area contributed by atoms with E-state index >= 15 is 0 Å². The molecular weight excluding hydrogens is 400 g/mol. The van der Waals surface area contributed by atoms with Crippen LogP contribution in [0.3, 0.4) is 0 Å². The molecule has 0 aliphatic heterocycles. The van der Waals surface area contributed by atoms with Crippen molar-refractivity contribution >= 4 is 53.4 Å². The Morgan fingerprint density at radius 2 is 1.89 bits per heavy atom. The van der Waals surface area contributed by atoms with E-state index in [-0.39, 0.29) is 10.7 Å². The molecular formula is C10H10Br2N4O2S. The summed E-state index contributed by atoms with van der Waals surface area (Å²) in [5.41, 5.74) is 6.09. The SMILES string of the molecule is Cn1ccc(NS(=O)(=O)c2c(Br)cc(N)cc2Br)n1. The molecule has 102 valence electrons. The van der Waals surface area contributed by atoms with E-state index in [2.05, 4.69) is 41.7 Å². The van der Waals surface area contributed by atoms with Crippen molar-refractivity contribution in [2.24, 2.45) is 7.05 Å². The first-order chi connectivity index (χ1) is 8.79. The summed E-state index contributed by atoms with van der Waals surface area (Å²) in [4.78, 5) is 0.0763. The molecule has 1 heterocycles. The molecule has 0 unspecified atom stereocenters. The first kappa shape index (κ1) is 14.4. The number of rotatable bonds is 3. The lowest BCUT2D eigenvalue weighted by molar-refractivity contribution is 0.600. The molecule has 3 N–H and O–H groups in total. The maximum atomic E-state index is 12.3. The van der Waals surface area contributed by atoms with Crippen molar-refractivity contribution < 1.29 is 8.42 Å². The molecule has 9 heteroatoms. The number of benzene rings is 1. The van der Waals surface area contributed by atoms with Crippen LogP contribution in [0.4, 0.5) is 11.5 Å². The Balaban J connectivity index is 2.45. The lowest BCUT2D eigenvalue weighted by Crippen LogP contribution is -2.15. The third kappa shape index (κ3) is 3.10. The van der Waals surface area contributed by atoms with Crippen LogP contribution >= 0.6 is 31.9 Å². The zero-order chi connectivity index (χ0) is 14.2. The molecule has 0 spiro atoms. The minimum absolute atomic E-state index is 0.0763. The highest BCUT2D eigenvalue weighted by Crippen LogP contribution is 2.33. The number of nitrogens with two attached hydrogens (primary N) is 1. The van der Waals surface area contributed by atoms with Crippen molar-refractivity contribution in [2.45, 2.75) is 4.90 Å². The number of anilines is 2. The zero-order valence-corrected chi connectivity index (χ0v) is 13.8. The predicted octanol–water partition coefficient (Wildman–Crippen LogP) is 2.33. The highest BCUT2D eigenvalue weighted by Gasteiger charge is 2.22. The van der Waals surface area contributed by atoms with Gasteiger partial charge in [-0.05, 0) is 44.0 Å². The van der Waals surface area contributed by atoms with Gasteiger partial charge in [0.2, 0.25) is 0 Å². The van der Waals surface area contributed by atoms with Gasteiger partial charge < -0.3 is 5.73 Å². The molecule has 2 aromatic rings. The number of aryl methyl sites for hydroxylation is 1. The number of nitrogens with zero attached hydrogens (tertiary/aromatic N) is 2. The summed E-state index contributed by atoms with van der Waals surface area (Å²) < 4.78 is 29.3. The average Bonchev–Trinajstić information content (AvgIpc) is 2.60. The van der Waals surface area contributed by atoms with Gasteiger partial charge in [0.15, 0.2) is 5.82 Å². The van der Waals surface area contributed by atoms with Crippen LogP contribution in [0.15, 0.2) is 38.2 Å². The van der Waals surface area contributed by atoms with Crippen molar-refractivity contribution in [1.82, 2.24) is 9.78 Å². The summed E-state index contributed by atoms with van der Waals surface area (Å²) in [5, 5.41) is 3.97. The number of hydrogen-bond acceptors (Lipinski definition) is 4. The Kier molecular flexibility index (Phi) is 3.88. The van der Waals surface area contributed by atoms with E-state index in [0.717, 1.165) is 0 Å². The molecule has 0 atom stereocenters. The van der Waals surface area contributed by atoms with E-state index in [1.165, 1.54) is 16.8 Å². The Bertz CT molecular complexity index is 704. The average molecular weight is 410 g/mol. The third-order valence-electron chi connectivity index (χ3n) is 2.24. The van der Waals surface area contributed by atoms with E-state index in [4.69, 9.17) is 5.73 Å². The minimum atomic E-state index is -3.75. The first-order valence-electron chi connectivity index (χ1n) is 5.06. The Labute approximate surface area is 127 Å². The van der Waals surface area contributed by atoms with Crippen LogP contribution in [0.25, 0.3) is 0 Å². The molecule has 0 saturated carbocycles. The number of sulfonamides is 1. The highest BCUT2D eigenvalue weighted by atomic mass is 79.9. The lowest BCUT2D eigenvalue weighted by atomic mass is 10.3. The van der Waals surface area contributed by atoms with Gasteiger partial charge in [0.25, 0.3) is 10.0 Å². The molecule has 1 aromatic carbocycles. The summed E-state index contributed by atoms with van der Waals surface area (Å²) in [6.45, 7) is 0. The van der Waals surface area contributed by atoms with Gasteiger partial charge in [0, 0.05) is 33.9 Å². The summed E-state index contributed by atoms with van der Waals surface area (Å²) >= 11 is 6.40. The maximum absolute atomic E-state index is 12.3. The van der Waals surface area contributed by atoms with Crippen molar-refractivity contribution in [3.05, 3.63) is 33.3 Å². The summed E-state index contributed by atoms with van der Waals surface area (Å²) in [5.74, 6) is 0.248. The zero-order valence-electron chi connectivity index (χ0n) is 9.76. The van der Waals surface area contributed by atoms with Gasteiger partial charge in [0.1, 0.15) is 4.90 Å². The second-order valence-electron chi connectivity index (χ2n) is 3.79. The second kappa shape index (κ2) is 5.14. The molecule has 6 nitrogen and oxygen atoms in total. The molecule has 2 rings (SSSR count). The standard InChI is InChI=1S/C10H10Br2N4O2S/c1-16-3-2-9(14-16)15-19(17,18)10-7(11)4-6(13)5-8(10)12/h2-5H,13H2,1H3,(H,14,15). The molecule has 1 aromatic heterocycles. The van der Waals surface area contributed by atoms with Crippen LogP contribution in [0.5, 0.6) is 0 Å². The predicted molar refractivity (Wildman–Crippen MR) is 80.3 cm³/mol. The van der Waals surface area contributed by atoms with E-state index in [9.17, 15) is 8.42 Å². The largest absolute Gasteiger partial charge is 0.399 e. The van der Waals surface area contributed by atoms with Gasteiger partial charge in [-0.15, -0.1) is 0 Å². The van der Waals surface area contributed by atoms with Crippen molar-refractivity contribution in [3.63, 3.8) is 0 Å². The Morgan fingerprint density at radius 3 is 2.37 bits per heavy atom. The fourth-order valence-corrected chi connectivity index (χ4v) is 5.11. The van der Waals surface area contributed by atoms with Crippen LogP contribution in [0.1, 0.15) is 0 Å². The van der Waals surface area contributed by atoms with Gasteiger partial charge in [-0.3, -0.25) is 9.40 Å². The first-order valence-corrected chi connectivity index (χ1v) is 8.13. The number of halogens is 2. The van der Waals surface area contributed by atoms with E-state index in [0.29, 0.717) is 14.6 Å². The fourth-order valence-electron chi connectivity index (χ4n) is 1.49. The highest BCUT2D eigenvalue weighted by molar-refractivity contribution is 9.11. The number of hydrogen-bond donors (Lipinski definition) is 2. The summed E-state index contributed by atoms with van der Waals surface area (Å²) in [6, 6.07) is 4.62. The molecule has 0 aliphatic rings. The van der Waals surface area contributed by atoms with Crippen molar-refractivity contribution in [3.8, 4) is 0 Å². The van der Waals surface area contributed by atoms with Crippen LogP contribution in [0.2, 0.25) is 0 Å². The minimum Gasteiger partial charge on any atom is -0.399 e. The molecule has 19 heavy (non-hydrogen) atoms. The number of nitrogens with one attached hydrogen (secondary N) is 1. The monoisotopic (exact) mass is 408 g/mol. The smallest absolute Gasteiger partial charge is 0.265 e. The normalized spacial score (nSPS) is 11.5. The molecule has 0 amide bonds. The number of nitrogen functional groups attached to an aromatic ring is 1. The van der Waals surface area contributed by atoms with Crippen molar-refractivity contribution in [1.29, 1.82) is 0 Å². The van der Waals surface area contributed by atoms with Gasteiger partial charge in [-0.1, -0.05) is 0 Å². The molecule has 0 radical (unpaired) electrons. The molecule has 0 bridgehead atoms. The summed E-state index contributed by atoms with van der Waals surface area (Å²) in [7, 11) is -2.05. The lowest BCUT2D eigenvalue weighted by Gasteiger charge is -2.10. The van der Waals surface area contributed by atoms with E-state index in [1.54, 1.807) is 19.3 Å². The van der Waals surface area contributed by atoms with Crippen LogP contribution in [-0.4, -0.2) is 18.2 Å². The maximum Gasteiger partial charge on any atom is 0.265 e. The van der Waals surface area contributed by atoms with E-state index in [1.807, 2.05) is 0 Å². The van der Waals surface area contributed by atoms with Crippen LogP contribution in [-0.2, 0) is 17.1 Å². The second-order valence-corrected chi connectivity index (χ2v) is 7.12. The van der Waals surface area contributed by atoms with Gasteiger partial charge >= 0.3 is 0 Å².